The van der Waals surface area contributed by atoms with Crippen LogP contribution in [0, 0.1) is 0 Å². The number of hydrogen-bond donors (Lipinski definition) is 4. The molecule has 0 fully saturated rings. The van der Waals surface area contributed by atoms with E-state index in [2.05, 4.69) is 26.2 Å². The molecule has 12 nitrogen and oxygen atoms in total. The maximum atomic E-state index is 14.5. The molecule has 0 bridgehead atoms. The molecular weight excluding hydrogens is 574 g/mol. The van der Waals surface area contributed by atoms with Crippen molar-refractivity contribution in [1.29, 1.82) is 0 Å². The summed E-state index contributed by atoms with van der Waals surface area (Å²) in [5.41, 5.74) is 7.36. The molecule has 4 N–H and O–H groups in total. The third-order valence-electron chi connectivity index (χ3n) is 8.19. The number of aromatic amines is 1. The Bertz CT molecular complexity index is 1690. The highest BCUT2D eigenvalue weighted by Gasteiger charge is 2.46. The van der Waals surface area contributed by atoms with Gasteiger partial charge < -0.3 is 10.4 Å². The number of nitrogens with one attached hydrogen (secondary N) is 3. The summed E-state index contributed by atoms with van der Waals surface area (Å²) in [6, 6.07) is 19.6. The van der Waals surface area contributed by atoms with Crippen molar-refractivity contribution in [3.05, 3.63) is 107 Å². The highest BCUT2D eigenvalue weighted by atomic mass is 16.3. The molecule has 0 spiro atoms. The minimum Gasteiger partial charge on any atom is -0.508 e. The number of aryl methyl sites for hydroxylation is 2. The number of nitrogens with zero attached hydrogens (tertiary/aromatic N) is 4. The number of amides is 4. The first-order valence-electron chi connectivity index (χ1n) is 14.9. The van der Waals surface area contributed by atoms with Gasteiger partial charge in [-0.15, -0.1) is 0 Å². The first-order chi connectivity index (χ1) is 21.9. The van der Waals surface area contributed by atoms with Gasteiger partial charge in [-0.25, -0.2) is 5.01 Å². The maximum Gasteiger partial charge on any atom is 0.252 e. The van der Waals surface area contributed by atoms with Gasteiger partial charge in [0.05, 0.1) is 24.8 Å². The summed E-state index contributed by atoms with van der Waals surface area (Å²) in [6.07, 6.45) is 2.93. The van der Waals surface area contributed by atoms with E-state index in [1.165, 1.54) is 16.1 Å². The molecule has 2 aliphatic rings. The van der Waals surface area contributed by atoms with Crippen LogP contribution in [0.1, 0.15) is 40.8 Å². The van der Waals surface area contributed by atoms with E-state index >= 15 is 0 Å². The number of phenols is 1. The number of carbonyl (C=O) groups is 4. The monoisotopic (exact) mass is 607 g/mol. The zero-order valence-corrected chi connectivity index (χ0v) is 24.5. The van der Waals surface area contributed by atoms with Crippen molar-refractivity contribution in [1.82, 2.24) is 31.2 Å². The molecule has 4 aromatic rings. The first-order valence-corrected chi connectivity index (χ1v) is 14.9. The van der Waals surface area contributed by atoms with Crippen LogP contribution in [0.15, 0.2) is 79.0 Å². The minimum atomic E-state index is -1.04. The molecular formula is C33H33N7O5. The van der Waals surface area contributed by atoms with Crippen LogP contribution >= 0.6 is 0 Å². The van der Waals surface area contributed by atoms with Gasteiger partial charge in [0.25, 0.3) is 5.91 Å². The molecule has 4 amide bonds. The molecule has 1 aromatic heterocycles. The topological polar surface area (TPSA) is 161 Å². The van der Waals surface area contributed by atoms with Gasteiger partial charge in [-0.2, -0.15) is 15.4 Å². The Morgan fingerprint density at radius 2 is 1.76 bits per heavy atom. The van der Waals surface area contributed by atoms with Crippen molar-refractivity contribution >= 4 is 29.3 Å². The van der Waals surface area contributed by atoms with Gasteiger partial charge >= 0.3 is 0 Å². The van der Waals surface area contributed by atoms with E-state index in [0.29, 0.717) is 30.6 Å². The first kappa shape index (κ1) is 29.5. The molecule has 6 rings (SSSR count). The lowest BCUT2D eigenvalue weighted by Crippen LogP contribution is -2.60. The number of anilines is 1. The number of benzene rings is 3. The predicted molar refractivity (Wildman–Crippen MR) is 163 cm³/mol. The summed E-state index contributed by atoms with van der Waals surface area (Å²) in [7, 11) is 0. The standard InChI is InChI=1S/C33H33N7O5/c41-26-13-9-21(10-14-26)11-16-30(43)40(37-29(42)17-22-5-2-1-3-6-22)27-15-12-23-7-4-8-24-18-28(39(31(23)24)33(27)45)32(44)34-19-25-20-35-38-36-25/h1-10,13-14,20,27-28,41H,11-12,15-19H2,(H,34,44)(H,37,42)(H,35,36,38)/t27-,28-/m0/s1. The Morgan fingerprint density at radius 1 is 0.978 bits per heavy atom. The van der Waals surface area contributed by atoms with Crippen LogP contribution in [0.2, 0.25) is 0 Å². The van der Waals surface area contributed by atoms with E-state index in [1.54, 1.807) is 24.3 Å². The van der Waals surface area contributed by atoms with Crippen LogP contribution in [0.5, 0.6) is 5.75 Å². The van der Waals surface area contributed by atoms with Gasteiger partial charge in [-0.3, -0.25) is 29.5 Å². The third kappa shape index (κ3) is 6.54. The SMILES string of the molecule is O=C(Cc1ccccc1)NN(C(=O)CCc1ccc(O)cc1)[C@H]1CCc2cccc3c2N(C1=O)[C@H](C(=O)NCc1cn[nH]n1)C3. The van der Waals surface area contributed by atoms with Gasteiger partial charge in [-0.1, -0.05) is 60.7 Å². The number of aromatic nitrogens is 3. The summed E-state index contributed by atoms with van der Waals surface area (Å²) in [4.78, 5) is 56.6. The van der Waals surface area contributed by atoms with Crippen LogP contribution in [0.25, 0.3) is 0 Å². The van der Waals surface area contributed by atoms with Crippen LogP contribution < -0.4 is 15.6 Å². The highest BCUT2D eigenvalue weighted by Crippen LogP contribution is 2.39. The molecule has 0 saturated heterocycles. The number of hydrazine groups is 1. The molecule has 3 aromatic carbocycles. The summed E-state index contributed by atoms with van der Waals surface area (Å²) in [5, 5.41) is 23.9. The van der Waals surface area contributed by atoms with Crippen LogP contribution in [-0.2, 0) is 51.4 Å². The van der Waals surface area contributed by atoms with Crippen molar-refractivity contribution in [3.63, 3.8) is 0 Å². The zero-order chi connectivity index (χ0) is 31.3. The molecule has 0 unspecified atom stereocenters. The van der Waals surface area contributed by atoms with Crippen molar-refractivity contribution < 1.29 is 24.3 Å². The summed E-state index contributed by atoms with van der Waals surface area (Å²) < 4.78 is 0. The smallest absolute Gasteiger partial charge is 0.252 e. The fourth-order valence-electron chi connectivity index (χ4n) is 5.97. The minimum absolute atomic E-state index is 0.0139. The molecule has 230 valence electrons. The number of carbonyl (C=O) groups excluding carboxylic acids is 4. The van der Waals surface area contributed by atoms with Crippen molar-refractivity contribution in [2.24, 2.45) is 0 Å². The number of para-hydroxylation sites is 1. The average Bonchev–Trinajstić information content (AvgIpc) is 3.68. The second-order valence-corrected chi connectivity index (χ2v) is 11.2. The molecule has 2 aliphatic heterocycles. The van der Waals surface area contributed by atoms with Gasteiger partial charge in [-0.05, 0) is 53.6 Å². The number of aromatic hydroxyl groups is 1. The van der Waals surface area contributed by atoms with Gasteiger partial charge in [0.15, 0.2) is 0 Å². The quantitative estimate of drug-likeness (QED) is 0.212. The zero-order valence-electron chi connectivity index (χ0n) is 24.5. The summed E-state index contributed by atoms with van der Waals surface area (Å²) in [6.45, 7) is 0.137. The molecule has 0 radical (unpaired) electrons. The second kappa shape index (κ2) is 13.0. The fraction of sp³-hybridized carbons (Fsp3) is 0.273. The molecule has 2 atom stereocenters. The average molecular weight is 608 g/mol. The Labute approximate surface area is 259 Å². The molecule has 0 saturated carbocycles. The van der Waals surface area contributed by atoms with Gasteiger partial charge in [0.2, 0.25) is 17.7 Å². The van der Waals surface area contributed by atoms with E-state index in [9.17, 15) is 24.3 Å². The normalized spacial score (nSPS) is 16.9. The predicted octanol–water partition coefficient (Wildman–Crippen LogP) is 2.13. The number of rotatable bonds is 9. The Kier molecular flexibility index (Phi) is 8.54. The van der Waals surface area contributed by atoms with Crippen LogP contribution in [0.4, 0.5) is 5.69 Å². The lowest BCUT2D eigenvalue weighted by molar-refractivity contribution is -0.148. The number of phenolic OH excluding ortho intramolecular Hbond substituents is 1. The Morgan fingerprint density at radius 3 is 2.51 bits per heavy atom. The van der Waals surface area contributed by atoms with Crippen molar-refractivity contribution in [2.75, 3.05) is 4.90 Å². The van der Waals surface area contributed by atoms with E-state index in [0.717, 1.165) is 22.3 Å². The summed E-state index contributed by atoms with van der Waals surface area (Å²) >= 11 is 0. The van der Waals surface area contributed by atoms with E-state index < -0.39 is 29.8 Å². The Hall–Kier alpha value is -5.52. The molecule has 45 heavy (non-hydrogen) atoms. The van der Waals surface area contributed by atoms with Crippen LogP contribution in [0.3, 0.4) is 0 Å². The van der Waals surface area contributed by atoms with E-state index in [4.69, 9.17) is 0 Å². The number of H-pyrrole nitrogens is 1. The van der Waals surface area contributed by atoms with Gasteiger partial charge in [0.1, 0.15) is 23.5 Å². The molecule has 0 aliphatic carbocycles. The maximum absolute atomic E-state index is 14.5. The lowest BCUT2D eigenvalue weighted by Gasteiger charge is -2.34. The third-order valence-corrected chi connectivity index (χ3v) is 8.19. The molecule has 12 heteroatoms. The van der Waals surface area contributed by atoms with E-state index in [1.807, 2.05) is 48.5 Å². The van der Waals surface area contributed by atoms with Gasteiger partial charge in [0, 0.05) is 12.8 Å². The highest BCUT2D eigenvalue weighted by molar-refractivity contribution is 6.08. The van der Waals surface area contributed by atoms with E-state index in [-0.39, 0.29) is 37.5 Å². The largest absolute Gasteiger partial charge is 0.508 e. The number of hydrogen-bond acceptors (Lipinski definition) is 7. The van der Waals surface area contributed by atoms with Crippen molar-refractivity contribution in [2.45, 2.75) is 57.2 Å². The second-order valence-electron chi connectivity index (χ2n) is 11.2. The van der Waals surface area contributed by atoms with Crippen molar-refractivity contribution in [3.8, 4) is 5.75 Å². The lowest BCUT2D eigenvalue weighted by atomic mass is 10.0. The molecule has 3 heterocycles. The fourth-order valence-corrected chi connectivity index (χ4v) is 5.97. The van der Waals surface area contributed by atoms with Crippen LogP contribution in [-0.4, -0.2) is 61.2 Å². The Balaban J connectivity index is 1.27. The summed E-state index contributed by atoms with van der Waals surface area (Å²) in [5.74, 6) is -1.53.